The number of ketones is 2. The summed E-state index contributed by atoms with van der Waals surface area (Å²) in [4.78, 5) is 30.5. The maximum Gasteiger partial charge on any atom is 0.168 e. The largest absolute Gasteiger partial charge is 0.511 e. The summed E-state index contributed by atoms with van der Waals surface area (Å²) in [5.74, 6) is 0.639. The molecule has 1 N–H and O–H groups in total. The van der Waals surface area contributed by atoms with Gasteiger partial charge in [-0.15, -0.1) is 0 Å². The first-order chi connectivity index (χ1) is 15.6. The molecule has 1 unspecified atom stereocenters. The quantitative estimate of drug-likeness (QED) is 0.477. The van der Waals surface area contributed by atoms with E-state index in [0.29, 0.717) is 60.4 Å². The monoisotopic (exact) mass is 448 g/mol. The molecule has 1 aromatic heterocycles. The molecule has 0 spiro atoms. The maximum absolute atomic E-state index is 13.1. The molecule has 174 valence electrons. The van der Waals surface area contributed by atoms with Gasteiger partial charge >= 0.3 is 0 Å². The van der Waals surface area contributed by atoms with E-state index >= 15 is 0 Å². The van der Waals surface area contributed by atoms with Gasteiger partial charge in [0, 0.05) is 43.9 Å². The van der Waals surface area contributed by atoms with Crippen molar-refractivity contribution in [3.8, 4) is 0 Å². The van der Waals surface area contributed by atoms with Crippen LogP contribution >= 0.6 is 0 Å². The van der Waals surface area contributed by atoms with Crippen LogP contribution in [-0.2, 0) is 17.6 Å². The van der Waals surface area contributed by atoms with Gasteiger partial charge in [-0.3, -0.25) is 14.6 Å². The van der Waals surface area contributed by atoms with Gasteiger partial charge in [-0.1, -0.05) is 49.3 Å². The van der Waals surface area contributed by atoms with Crippen molar-refractivity contribution in [1.82, 2.24) is 5.16 Å². The normalized spacial score (nSPS) is 23.2. The lowest BCUT2D eigenvalue weighted by Gasteiger charge is -2.27. The summed E-state index contributed by atoms with van der Waals surface area (Å²) >= 11 is 0. The van der Waals surface area contributed by atoms with Crippen molar-refractivity contribution in [2.24, 2.45) is 10.4 Å². The predicted octanol–water partition coefficient (Wildman–Crippen LogP) is 5.57. The molecule has 0 aliphatic heterocycles. The summed E-state index contributed by atoms with van der Waals surface area (Å²) in [6, 6.07) is 9.99. The number of Topliss-reactive ketones (excluding diaryl/α,β-unsaturated/α-hetero) is 2. The van der Waals surface area contributed by atoms with E-state index in [-0.39, 0.29) is 41.1 Å². The minimum absolute atomic E-state index is 0.00802. The Morgan fingerprint density at radius 1 is 1.15 bits per heavy atom. The van der Waals surface area contributed by atoms with Crippen molar-refractivity contribution in [3.05, 3.63) is 64.2 Å². The van der Waals surface area contributed by atoms with E-state index < -0.39 is 0 Å². The summed E-state index contributed by atoms with van der Waals surface area (Å²) < 4.78 is 5.47. The second-order valence-electron chi connectivity index (χ2n) is 10.3. The van der Waals surface area contributed by atoms with E-state index in [1.807, 2.05) is 58.0 Å². The number of carbonyl (C=O) groups is 2. The van der Waals surface area contributed by atoms with Crippen molar-refractivity contribution in [2.75, 3.05) is 0 Å². The molecule has 2 aromatic rings. The Morgan fingerprint density at radius 2 is 1.88 bits per heavy atom. The maximum atomic E-state index is 13.1. The third kappa shape index (κ3) is 5.00. The molecule has 2 aliphatic carbocycles. The lowest BCUT2D eigenvalue weighted by atomic mass is 9.76. The molecule has 0 bridgehead atoms. The fourth-order valence-electron chi connectivity index (χ4n) is 4.96. The van der Waals surface area contributed by atoms with Crippen molar-refractivity contribution in [1.29, 1.82) is 0 Å². The van der Waals surface area contributed by atoms with Crippen molar-refractivity contribution in [2.45, 2.75) is 78.2 Å². The van der Waals surface area contributed by atoms with E-state index in [1.165, 1.54) is 0 Å². The van der Waals surface area contributed by atoms with Crippen LogP contribution < -0.4 is 0 Å². The van der Waals surface area contributed by atoms with Crippen LogP contribution in [0.1, 0.15) is 86.7 Å². The first kappa shape index (κ1) is 23.1. The molecule has 33 heavy (non-hydrogen) atoms. The van der Waals surface area contributed by atoms with Gasteiger partial charge in [0.2, 0.25) is 0 Å². The van der Waals surface area contributed by atoms with Gasteiger partial charge in [-0.2, -0.15) is 0 Å². The molecule has 1 saturated carbocycles. The number of benzene rings is 1. The smallest absolute Gasteiger partial charge is 0.168 e. The Bertz CT molecular complexity index is 1120. The molecule has 0 amide bonds. The van der Waals surface area contributed by atoms with Gasteiger partial charge < -0.3 is 9.63 Å². The van der Waals surface area contributed by atoms with E-state index in [1.54, 1.807) is 0 Å². The average Bonchev–Trinajstić information content (AvgIpc) is 3.13. The van der Waals surface area contributed by atoms with Crippen LogP contribution in [0.15, 0.2) is 51.2 Å². The number of fused-ring (bicyclic) bond motifs is 1. The third-order valence-electron chi connectivity index (χ3n) is 6.40. The van der Waals surface area contributed by atoms with E-state index in [2.05, 4.69) is 5.16 Å². The SMILES string of the molecule is CC(C)N=C1CC(c2ccccc2)CC(=O)/C1=C(/O)CCc1noc2c1C(=O)CC(C)(C)C2. The zero-order valence-corrected chi connectivity index (χ0v) is 19.9. The molecule has 0 radical (unpaired) electrons. The number of nitrogens with zero attached hydrogens (tertiary/aromatic N) is 2. The molecule has 0 saturated heterocycles. The minimum Gasteiger partial charge on any atom is -0.511 e. The number of hydrogen-bond donors (Lipinski definition) is 1. The molecular weight excluding hydrogens is 416 g/mol. The number of allylic oxidation sites excluding steroid dienone is 2. The van der Waals surface area contributed by atoms with Crippen molar-refractivity contribution in [3.63, 3.8) is 0 Å². The number of aryl methyl sites for hydroxylation is 1. The fraction of sp³-hybridized carbons (Fsp3) is 0.481. The van der Waals surface area contributed by atoms with Crippen molar-refractivity contribution >= 4 is 17.3 Å². The predicted molar refractivity (Wildman–Crippen MR) is 127 cm³/mol. The van der Waals surface area contributed by atoms with Crippen LogP contribution in [-0.4, -0.2) is 33.6 Å². The van der Waals surface area contributed by atoms with Crippen LogP contribution in [0.5, 0.6) is 0 Å². The molecule has 1 aromatic carbocycles. The highest BCUT2D eigenvalue weighted by molar-refractivity contribution is 6.24. The average molecular weight is 449 g/mol. The standard InChI is InChI=1S/C27H32N2O4/c1-16(2)28-20-12-18(17-8-6-5-7-9-17)13-22(31)25(20)21(30)11-10-19-26-23(32)14-27(3,4)15-24(26)33-29-19/h5-9,16,18,30H,10-15H2,1-4H3/b25-21+,28-20?. The van der Waals surface area contributed by atoms with Crippen LogP contribution in [0.25, 0.3) is 0 Å². The zero-order chi connectivity index (χ0) is 23.8. The lowest BCUT2D eigenvalue weighted by Crippen LogP contribution is -2.28. The molecule has 2 aliphatic rings. The molecule has 6 nitrogen and oxygen atoms in total. The van der Waals surface area contributed by atoms with Gasteiger partial charge in [-0.05, 0) is 37.2 Å². The summed E-state index contributed by atoms with van der Waals surface area (Å²) in [6.07, 6.45) is 2.62. The summed E-state index contributed by atoms with van der Waals surface area (Å²) in [5.41, 5.74) is 3.08. The van der Waals surface area contributed by atoms with Crippen LogP contribution in [0, 0.1) is 5.41 Å². The van der Waals surface area contributed by atoms with E-state index in [4.69, 9.17) is 9.52 Å². The molecule has 4 rings (SSSR count). The molecule has 6 heteroatoms. The molecular formula is C27H32N2O4. The Labute approximate surface area is 194 Å². The highest BCUT2D eigenvalue weighted by Gasteiger charge is 2.37. The third-order valence-corrected chi connectivity index (χ3v) is 6.40. The molecule has 1 heterocycles. The number of rotatable bonds is 5. The minimum atomic E-state index is -0.142. The first-order valence-electron chi connectivity index (χ1n) is 11.7. The molecule has 1 atom stereocenters. The van der Waals surface area contributed by atoms with Gasteiger partial charge in [0.25, 0.3) is 0 Å². The van der Waals surface area contributed by atoms with Crippen molar-refractivity contribution < 1.29 is 19.2 Å². The van der Waals surface area contributed by atoms with Gasteiger partial charge in [0.15, 0.2) is 11.6 Å². The van der Waals surface area contributed by atoms with E-state index in [9.17, 15) is 14.7 Å². The number of aliphatic hydroxyl groups is 1. The number of aliphatic hydroxyl groups excluding tert-OH is 1. The summed E-state index contributed by atoms with van der Waals surface area (Å²) in [7, 11) is 0. The Morgan fingerprint density at radius 3 is 2.58 bits per heavy atom. The van der Waals surface area contributed by atoms with Crippen LogP contribution in [0.3, 0.4) is 0 Å². The number of hydrogen-bond acceptors (Lipinski definition) is 6. The Balaban J connectivity index is 1.57. The Hall–Kier alpha value is -3.02. The highest BCUT2D eigenvalue weighted by atomic mass is 16.5. The fourth-order valence-corrected chi connectivity index (χ4v) is 4.96. The van der Waals surface area contributed by atoms with E-state index in [0.717, 1.165) is 5.56 Å². The second kappa shape index (κ2) is 9.08. The number of aromatic nitrogens is 1. The summed E-state index contributed by atoms with van der Waals surface area (Å²) in [5, 5.41) is 15.1. The van der Waals surface area contributed by atoms with Crippen LogP contribution in [0.2, 0.25) is 0 Å². The Kier molecular flexibility index (Phi) is 6.37. The first-order valence-corrected chi connectivity index (χ1v) is 11.7. The number of aliphatic imine (C=N–C) groups is 1. The highest BCUT2D eigenvalue weighted by Crippen LogP contribution is 2.37. The topological polar surface area (TPSA) is 92.8 Å². The van der Waals surface area contributed by atoms with Gasteiger partial charge in [0.1, 0.15) is 11.5 Å². The summed E-state index contributed by atoms with van der Waals surface area (Å²) in [6.45, 7) is 8.01. The van der Waals surface area contributed by atoms with Crippen LogP contribution in [0.4, 0.5) is 0 Å². The lowest BCUT2D eigenvalue weighted by molar-refractivity contribution is -0.116. The van der Waals surface area contributed by atoms with Gasteiger partial charge in [0.05, 0.1) is 16.8 Å². The van der Waals surface area contributed by atoms with Gasteiger partial charge in [-0.25, -0.2) is 0 Å². The zero-order valence-electron chi connectivity index (χ0n) is 19.9. The second-order valence-corrected chi connectivity index (χ2v) is 10.3. The number of carbonyl (C=O) groups excluding carboxylic acids is 2. The molecule has 1 fully saturated rings.